The van der Waals surface area contributed by atoms with Crippen LogP contribution in [0.2, 0.25) is 0 Å². The van der Waals surface area contributed by atoms with Crippen molar-refractivity contribution in [2.45, 2.75) is 32.4 Å². The van der Waals surface area contributed by atoms with Crippen LogP contribution in [0, 0.1) is 0 Å². The number of hydrogen-bond donors (Lipinski definition) is 1. The van der Waals surface area contributed by atoms with Crippen LogP contribution in [0.1, 0.15) is 25.3 Å². The van der Waals surface area contributed by atoms with Gasteiger partial charge in [-0.15, -0.1) is 0 Å². The Hall–Kier alpha value is -2.00. The Morgan fingerprint density at radius 2 is 1.76 bits per heavy atom. The molecule has 0 saturated heterocycles. The van der Waals surface area contributed by atoms with Crippen LogP contribution in [-0.2, 0) is 6.54 Å². The largest absolute Gasteiger partial charge is 0.494 e. The molecule has 1 aliphatic rings. The number of benzene rings is 2. The van der Waals surface area contributed by atoms with E-state index in [-0.39, 0.29) is 0 Å². The molecule has 0 atom stereocenters. The molecule has 2 aromatic carbocycles. The highest BCUT2D eigenvalue weighted by atomic mass is 16.5. The number of nitrogens with one attached hydrogen (secondary N) is 1. The fraction of sp³-hybridized carbons (Fsp3) is 0.333. The van der Waals surface area contributed by atoms with E-state index >= 15 is 0 Å². The van der Waals surface area contributed by atoms with E-state index in [0.717, 1.165) is 29.8 Å². The minimum atomic E-state index is 0.677. The third-order valence-electron chi connectivity index (χ3n) is 3.44. The van der Waals surface area contributed by atoms with Crippen molar-refractivity contribution in [3.8, 4) is 17.2 Å². The molecule has 21 heavy (non-hydrogen) atoms. The summed E-state index contributed by atoms with van der Waals surface area (Å²) in [7, 11) is 0. The van der Waals surface area contributed by atoms with Crippen molar-refractivity contribution in [3.05, 3.63) is 54.1 Å². The first-order valence-corrected chi connectivity index (χ1v) is 7.56. The predicted molar refractivity (Wildman–Crippen MR) is 84.0 cm³/mol. The lowest BCUT2D eigenvalue weighted by atomic mass is 10.2. The van der Waals surface area contributed by atoms with Gasteiger partial charge in [0.15, 0.2) is 0 Å². The third-order valence-corrected chi connectivity index (χ3v) is 3.44. The second-order valence-electron chi connectivity index (χ2n) is 5.31. The predicted octanol–water partition coefficient (Wildman–Crippen LogP) is 4.13. The van der Waals surface area contributed by atoms with Crippen LogP contribution in [0.5, 0.6) is 17.2 Å². The van der Waals surface area contributed by atoms with Gasteiger partial charge < -0.3 is 14.8 Å². The molecule has 1 fully saturated rings. The van der Waals surface area contributed by atoms with E-state index in [1.807, 2.05) is 43.3 Å². The summed E-state index contributed by atoms with van der Waals surface area (Å²) in [5, 5.41) is 3.51. The SMILES string of the molecule is CCOc1ccc(Oc2cccc(CNC3CC3)c2)cc1. The molecule has 0 bridgehead atoms. The van der Waals surface area contributed by atoms with E-state index in [9.17, 15) is 0 Å². The first-order valence-electron chi connectivity index (χ1n) is 7.56. The van der Waals surface area contributed by atoms with Gasteiger partial charge in [0.05, 0.1) is 6.61 Å². The van der Waals surface area contributed by atoms with Crippen LogP contribution in [0.25, 0.3) is 0 Å². The molecule has 0 aromatic heterocycles. The van der Waals surface area contributed by atoms with Crippen LogP contribution in [0.4, 0.5) is 0 Å². The van der Waals surface area contributed by atoms with Gasteiger partial charge in [0.25, 0.3) is 0 Å². The van der Waals surface area contributed by atoms with Gasteiger partial charge in [-0.3, -0.25) is 0 Å². The van der Waals surface area contributed by atoms with Gasteiger partial charge in [0.1, 0.15) is 17.2 Å². The van der Waals surface area contributed by atoms with Crippen LogP contribution >= 0.6 is 0 Å². The van der Waals surface area contributed by atoms with Crippen molar-refractivity contribution in [3.63, 3.8) is 0 Å². The Bertz CT molecular complexity index is 576. The summed E-state index contributed by atoms with van der Waals surface area (Å²) >= 11 is 0. The van der Waals surface area contributed by atoms with Crippen molar-refractivity contribution in [2.24, 2.45) is 0 Å². The zero-order chi connectivity index (χ0) is 14.5. The minimum Gasteiger partial charge on any atom is -0.494 e. The molecule has 0 amide bonds. The van der Waals surface area contributed by atoms with Crippen molar-refractivity contribution in [1.82, 2.24) is 5.32 Å². The average Bonchev–Trinajstić information content (AvgIpc) is 3.32. The smallest absolute Gasteiger partial charge is 0.127 e. The molecule has 0 unspecified atom stereocenters. The highest BCUT2D eigenvalue weighted by Gasteiger charge is 2.19. The molecular weight excluding hydrogens is 262 g/mol. The highest BCUT2D eigenvalue weighted by Crippen LogP contribution is 2.25. The molecule has 2 aromatic rings. The lowest BCUT2D eigenvalue weighted by molar-refractivity contribution is 0.339. The second-order valence-corrected chi connectivity index (χ2v) is 5.31. The fourth-order valence-corrected chi connectivity index (χ4v) is 2.18. The van der Waals surface area contributed by atoms with E-state index in [0.29, 0.717) is 6.61 Å². The quantitative estimate of drug-likeness (QED) is 0.828. The van der Waals surface area contributed by atoms with Crippen molar-refractivity contribution >= 4 is 0 Å². The maximum absolute atomic E-state index is 5.89. The third kappa shape index (κ3) is 4.23. The first kappa shape index (κ1) is 14.0. The van der Waals surface area contributed by atoms with Gasteiger partial charge in [-0.25, -0.2) is 0 Å². The maximum atomic E-state index is 5.89. The van der Waals surface area contributed by atoms with Crippen LogP contribution < -0.4 is 14.8 Å². The van der Waals surface area contributed by atoms with Crippen molar-refractivity contribution in [2.75, 3.05) is 6.61 Å². The van der Waals surface area contributed by atoms with E-state index in [1.165, 1.54) is 18.4 Å². The summed E-state index contributed by atoms with van der Waals surface area (Å²) in [6.07, 6.45) is 2.62. The topological polar surface area (TPSA) is 30.5 Å². The minimum absolute atomic E-state index is 0.677. The molecule has 1 N–H and O–H groups in total. The fourth-order valence-electron chi connectivity index (χ4n) is 2.18. The molecule has 3 heteroatoms. The summed E-state index contributed by atoms with van der Waals surface area (Å²) in [4.78, 5) is 0. The number of rotatable bonds is 7. The van der Waals surface area contributed by atoms with Crippen LogP contribution in [0.3, 0.4) is 0 Å². The molecule has 1 saturated carbocycles. The monoisotopic (exact) mass is 283 g/mol. The van der Waals surface area contributed by atoms with Crippen LogP contribution in [-0.4, -0.2) is 12.6 Å². The Morgan fingerprint density at radius 1 is 1.00 bits per heavy atom. The molecule has 0 spiro atoms. The Labute approximate surface area is 125 Å². The van der Waals surface area contributed by atoms with Gasteiger partial charge in [0, 0.05) is 12.6 Å². The molecule has 3 nitrogen and oxygen atoms in total. The molecule has 1 aliphatic carbocycles. The summed E-state index contributed by atoms with van der Waals surface area (Å²) in [5.41, 5.74) is 1.25. The van der Waals surface area contributed by atoms with Gasteiger partial charge in [-0.1, -0.05) is 12.1 Å². The lowest BCUT2D eigenvalue weighted by Crippen LogP contribution is -2.15. The Kier molecular flexibility index (Phi) is 4.41. The van der Waals surface area contributed by atoms with E-state index in [4.69, 9.17) is 9.47 Å². The summed E-state index contributed by atoms with van der Waals surface area (Å²) < 4.78 is 11.3. The Morgan fingerprint density at radius 3 is 2.48 bits per heavy atom. The normalized spacial score (nSPS) is 14.0. The average molecular weight is 283 g/mol. The zero-order valence-electron chi connectivity index (χ0n) is 12.3. The van der Waals surface area contributed by atoms with Crippen LogP contribution in [0.15, 0.2) is 48.5 Å². The maximum Gasteiger partial charge on any atom is 0.127 e. The van der Waals surface area contributed by atoms with Gasteiger partial charge >= 0.3 is 0 Å². The lowest BCUT2D eigenvalue weighted by Gasteiger charge is -2.09. The zero-order valence-corrected chi connectivity index (χ0v) is 12.3. The van der Waals surface area contributed by atoms with E-state index in [2.05, 4.69) is 17.4 Å². The summed E-state index contributed by atoms with van der Waals surface area (Å²) in [5.74, 6) is 2.56. The molecule has 0 radical (unpaired) electrons. The van der Waals surface area contributed by atoms with Crippen molar-refractivity contribution < 1.29 is 9.47 Å². The van der Waals surface area contributed by atoms with Gasteiger partial charge in [-0.2, -0.15) is 0 Å². The highest BCUT2D eigenvalue weighted by molar-refractivity contribution is 5.36. The molecular formula is C18H21NO2. The van der Waals surface area contributed by atoms with Gasteiger partial charge in [-0.05, 0) is 61.7 Å². The summed E-state index contributed by atoms with van der Waals surface area (Å²) in [6, 6.07) is 16.7. The summed E-state index contributed by atoms with van der Waals surface area (Å²) in [6.45, 7) is 3.56. The standard InChI is InChI=1S/C18H21NO2/c1-2-20-16-8-10-17(11-9-16)21-18-5-3-4-14(12-18)13-19-15-6-7-15/h3-5,8-12,15,19H,2,6-7,13H2,1H3. The Balaban J connectivity index is 1.61. The number of ether oxygens (including phenoxy) is 2. The molecule has 0 heterocycles. The first-order chi connectivity index (χ1) is 10.3. The molecule has 110 valence electrons. The second kappa shape index (κ2) is 6.64. The van der Waals surface area contributed by atoms with E-state index < -0.39 is 0 Å². The van der Waals surface area contributed by atoms with Gasteiger partial charge in [0.2, 0.25) is 0 Å². The molecule has 0 aliphatic heterocycles. The van der Waals surface area contributed by atoms with Crippen molar-refractivity contribution in [1.29, 1.82) is 0 Å². The number of hydrogen-bond acceptors (Lipinski definition) is 3. The molecule has 3 rings (SSSR count). The van der Waals surface area contributed by atoms with E-state index in [1.54, 1.807) is 0 Å².